The first-order valence-electron chi connectivity index (χ1n) is 8.46. The summed E-state index contributed by atoms with van der Waals surface area (Å²) >= 11 is 6.61. The average Bonchev–Trinajstić information content (AvgIpc) is 2.87. The average molecular weight is 342 g/mol. The molecule has 0 saturated carbocycles. The summed E-state index contributed by atoms with van der Waals surface area (Å²) in [6.45, 7) is 4.12. The van der Waals surface area contributed by atoms with Crippen molar-refractivity contribution in [2.24, 2.45) is 0 Å². The Hall–Kier alpha value is -2.14. The van der Waals surface area contributed by atoms with Crippen molar-refractivity contribution in [1.29, 1.82) is 0 Å². The van der Waals surface area contributed by atoms with Gasteiger partial charge in [0, 0.05) is 13.1 Å². The van der Waals surface area contributed by atoms with Crippen LogP contribution in [0.15, 0.2) is 30.6 Å². The molecule has 1 aliphatic rings. The smallest absolute Gasteiger partial charge is 0.255 e. The Morgan fingerprint density at radius 3 is 2.54 bits per heavy atom. The molecule has 0 radical (unpaired) electrons. The number of aryl methyl sites for hydroxylation is 1. The van der Waals surface area contributed by atoms with Gasteiger partial charge in [0.25, 0.3) is 5.78 Å². The number of fused-ring (bicyclic) bond motifs is 1. The molecular weight excluding hydrogens is 322 g/mol. The number of anilines is 1. The van der Waals surface area contributed by atoms with Gasteiger partial charge in [-0.3, -0.25) is 0 Å². The van der Waals surface area contributed by atoms with Crippen molar-refractivity contribution >= 4 is 23.2 Å². The van der Waals surface area contributed by atoms with Gasteiger partial charge in [0.05, 0.1) is 5.56 Å². The number of hydrogen-bond acceptors (Lipinski definition) is 4. The van der Waals surface area contributed by atoms with Crippen LogP contribution < -0.4 is 4.90 Å². The molecule has 0 atom stereocenters. The second-order valence-corrected chi connectivity index (χ2v) is 6.65. The summed E-state index contributed by atoms with van der Waals surface area (Å²) in [7, 11) is 0. The zero-order valence-corrected chi connectivity index (χ0v) is 14.5. The molecule has 1 aliphatic heterocycles. The Kier molecular flexibility index (Phi) is 4.10. The second-order valence-electron chi connectivity index (χ2n) is 6.29. The Morgan fingerprint density at radius 2 is 1.79 bits per heavy atom. The van der Waals surface area contributed by atoms with E-state index in [1.165, 1.54) is 31.2 Å². The summed E-state index contributed by atoms with van der Waals surface area (Å²) < 4.78 is 1.83. The van der Waals surface area contributed by atoms with Crippen molar-refractivity contribution < 1.29 is 0 Å². The minimum atomic E-state index is 0.490. The Bertz CT molecular complexity index is 865. The van der Waals surface area contributed by atoms with Crippen LogP contribution in [0.3, 0.4) is 0 Å². The Morgan fingerprint density at radius 1 is 1.04 bits per heavy atom. The maximum atomic E-state index is 6.61. The highest BCUT2D eigenvalue weighted by Gasteiger charge is 2.23. The highest BCUT2D eigenvalue weighted by molar-refractivity contribution is 6.33. The first kappa shape index (κ1) is 15.4. The number of benzene rings is 1. The molecule has 1 aromatic carbocycles. The fraction of sp³-hybridized carbons (Fsp3) is 0.389. The first-order valence-corrected chi connectivity index (χ1v) is 8.83. The molecule has 4 rings (SSSR count). The van der Waals surface area contributed by atoms with Crippen LogP contribution in [0.5, 0.6) is 0 Å². The molecule has 0 bridgehead atoms. The van der Waals surface area contributed by atoms with Crippen molar-refractivity contribution in [3.05, 3.63) is 41.3 Å². The van der Waals surface area contributed by atoms with Gasteiger partial charge in [-0.05, 0) is 30.9 Å². The normalized spacial score (nSPS) is 15.7. The van der Waals surface area contributed by atoms with Crippen molar-refractivity contribution in [1.82, 2.24) is 19.6 Å². The van der Waals surface area contributed by atoms with E-state index in [1.807, 2.05) is 16.6 Å². The lowest BCUT2D eigenvalue weighted by Crippen LogP contribution is -2.27. The molecule has 0 aliphatic carbocycles. The first-order chi connectivity index (χ1) is 11.8. The highest BCUT2D eigenvalue weighted by Crippen LogP contribution is 2.38. The van der Waals surface area contributed by atoms with Gasteiger partial charge in [0.1, 0.15) is 17.3 Å². The zero-order chi connectivity index (χ0) is 16.5. The number of hydrogen-bond donors (Lipinski definition) is 0. The van der Waals surface area contributed by atoms with Gasteiger partial charge < -0.3 is 4.90 Å². The fourth-order valence-corrected chi connectivity index (χ4v) is 3.72. The fourth-order valence-electron chi connectivity index (χ4n) is 3.46. The summed E-state index contributed by atoms with van der Waals surface area (Å²) in [5.74, 6) is 1.57. The topological polar surface area (TPSA) is 46.3 Å². The Balaban J connectivity index is 1.99. The number of nitrogens with zero attached hydrogens (tertiary/aromatic N) is 5. The predicted molar refractivity (Wildman–Crippen MR) is 96.6 cm³/mol. The van der Waals surface area contributed by atoms with E-state index in [-0.39, 0.29) is 0 Å². The van der Waals surface area contributed by atoms with E-state index in [0.29, 0.717) is 10.9 Å². The molecule has 1 saturated heterocycles. The molecule has 124 valence electrons. The van der Waals surface area contributed by atoms with Gasteiger partial charge in [-0.25, -0.2) is 0 Å². The number of halogens is 1. The van der Waals surface area contributed by atoms with Crippen LogP contribution in [-0.4, -0.2) is 32.7 Å². The molecule has 6 heteroatoms. The summed E-state index contributed by atoms with van der Waals surface area (Å²) in [4.78, 5) is 11.1. The van der Waals surface area contributed by atoms with Gasteiger partial charge in [0.2, 0.25) is 0 Å². The van der Waals surface area contributed by atoms with E-state index in [9.17, 15) is 0 Å². The van der Waals surface area contributed by atoms with E-state index < -0.39 is 0 Å². The van der Waals surface area contributed by atoms with Crippen LogP contribution in [0.25, 0.3) is 16.9 Å². The molecule has 0 unspecified atom stereocenters. The molecule has 3 heterocycles. The van der Waals surface area contributed by atoms with E-state index in [2.05, 4.69) is 39.0 Å². The van der Waals surface area contributed by atoms with Crippen molar-refractivity contribution in [3.63, 3.8) is 0 Å². The van der Waals surface area contributed by atoms with Crippen LogP contribution >= 0.6 is 11.6 Å². The minimum Gasteiger partial charge on any atom is -0.356 e. The van der Waals surface area contributed by atoms with Crippen LogP contribution in [0, 0.1) is 6.92 Å². The molecule has 5 nitrogen and oxygen atoms in total. The van der Waals surface area contributed by atoms with Gasteiger partial charge >= 0.3 is 0 Å². The maximum Gasteiger partial charge on any atom is 0.255 e. The monoisotopic (exact) mass is 341 g/mol. The van der Waals surface area contributed by atoms with Crippen molar-refractivity contribution in [3.8, 4) is 11.1 Å². The Labute approximate surface area is 146 Å². The molecule has 24 heavy (non-hydrogen) atoms. The van der Waals surface area contributed by atoms with Crippen molar-refractivity contribution in [2.75, 3.05) is 18.0 Å². The quantitative estimate of drug-likeness (QED) is 0.657. The van der Waals surface area contributed by atoms with Gasteiger partial charge in [-0.15, -0.1) is 0 Å². The van der Waals surface area contributed by atoms with E-state index >= 15 is 0 Å². The van der Waals surface area contributed by atoms with Crippen LogP contribution in [-0.2, 0) is 0 Å². The third-order valence-corrected chi connectivity index (χ3v) is 4.95. The van der Waals surface area contributed by atoms with Gasteiger partial charge in [-0.1, -0.05) is 48.7 Å². The molecular formula is C18H20ClN5. The molecule has 0 N–H and O–H groups in total. The third kappa shape index (κ3) is 2.63. The van der Waals surface area contributed by atoms with Crippen molar-refractivity contribution in [2.45, 2.75) is 32.6 Å². The maximum absolute atomic E-state index is 6.61. The SMILES string of the molecule is Cc1ccccc1-c1c(Cl)nc2ncnn2c1N1CCCCCC1. The molecule has 0 spiro atoms. The number of aromatic nitrogens is 4. The summed E-state index contributed by atoms with van der Waals surface area (Å²) in [5, 5.41) is 4.91. The molecule has 1 fully saturated rings. The van der Waals surface area contributed by atoms with Gasteiger partial charge in [0.15, 0.2) is 0 Å². The van der Waals surface area contributed by atoms with Gasteiger partial charge in [-0.2, -0.15) is 19.6 Å². The summed E-state index contributed by atoms with van der Waals surface area (Å²) in [6.07, 6.45) is 6.46. The minimum absolute atomic E-state index is 0.490. The number of rotatable bonds is 2. The van der Waals surface area contributed by atoms with Crippen LogP contribution in [0.1, 0.15) is 31.2 Å². The van der Waals surface area contributed by atoms with Crippen LogP contribution in [0.4, 0.5) is 5.82 Å². The molecule has 2 aromatic heterocycles. The lowest BCUT2D eigenvalue weighted by Gasteiger charge is -2.26. The molecule has 3 aromatic rings. The lowest BCUT2D eigenvalue weighted by molar-refractivity contribution is 0.726. The summed E-state index contributed by atoms with van der Waals surface area (Å²) in [6, 6.07) is 8.28. The largest absolute Gasteiger partial charge is 0.356 e. The lowest BCUT2D eigenvalue weighted by atomic mass is 10.0. The predicted octanol–water partition coefficient (Wildman–Crippen LogP) is 4.13. The molecule has 0 amide bonds. The zero-order valence-electron chi connectivity index (χ0n) is 13.7. The van der Waals surface area contributed by atoms with E-state index in [0.717, 1.165) is 30.0 Å². The second kappa shape index (κ2) is 6.40. The third-order valence-electron chi connectivity index (χ3n) is 4.68. The standard InChI is InChI=1S/C18H20ClN5/c1-13-8-4-5-9-14(13)15-16(19)22-18-20-12-21-24(18)17(15)23-10-6-2-3-7-11-23/h4-5,8-9,12H,2-3,6-7,10-11H2,1H3. The van der Waals surface area contributed by atoms with Crippen LogP contribution in [0.2, 0.25) is 5.15 Å². The highest BCUT2D eigenvalue weighted by atomic mass is 35.5. The van der Waals surface area contributed by atoms with E-state index in [4.69, 9.17) is 11.6 Å². The van der Waals surface area contributed by atoms with E-state index in [1.54, 1.807) is 6.33 Å². The summed E-state index contributed by atoms with van der Waals surface area (Å²) in [5.41, 5.74) is 3.23.